The summed E-state index contributed by atoms with van der Waals surface area (Å²) in [5.74, 6) is -3.72. The van der Waals surface area contributed by atoms with Gasteiger partial charge in [-0.3, -0.25) is 19.2 Å². The number of primary amides is 1. The summed E-state index contributed by atoms with van der Waals surface area (Å²) in [6.07, 6.45) is -0.240. The highest BCUT2D eigenvalue weighted by Gasteiger charge is 2.30. The van der Waals surface area contributed by atoms with Crippen LogP contribution in [0.15, 0.2) is 24.3 Å². The van der Waals surface area contributed by atoms with E-state index in [0.717, 1.165) is 0 Å². The average Bonchev–Trinajstić information content (AvgIpc) is 2.60. The van der Waals surface area contributed by atoms with Crippen LogP contribution < -0.4 is 16.4 Å². The molecule has 0 saturated heterocycles. The lowest BCUT2D eigenvalue weighted by molar-refractivity contribution is -0.145. The molecule has 1 aromatic rings. The molecule has 0 fully saturated rings. The van der Waals surface area contributed by atoms with Gasteiger partial charge in [-0.2, -0.15) is 0 Å². The first-order valence-corrected chi connectivity index (χ1v) is 8.91. The van der Waals surface area contributed by atoms with Crippen LogP contribution in [-0.2, 0) is 30.3 Å². The van der Waals surface area contributed by atoms with Gasteiger partial charge in [-0.15, -0.1) is 0 Å². The predicted octanol–water partition coefficient (Wildman–Crippen LogP) is 0.432. The Hall–Kier alpha value is -2.97. The molecule has 28 heavy (non-hydrogen) atoms. The minimum absolute atomic E-state index is 0.115. The summed E-state index contributed by atoms with van der Waals surface area (Å²) < 4.78 is 18.8. The molecule has 0 aromatic heterocycles. The Labute approximate surface area is 163 Å². The number of hydrogen-bond acceptors (Lipinski definition) is 5. The molecule has 0 unspecified atom stereocenters. The van der Waals surface area contributed by atoms with Crippen LogP contribution >= 0.6 is 0 Å². The number of amides is 3. The molecule has 0 aliphatic rings. The monoisotopic (exact) mass is 395 g/mol. The van der Waals surface area contributed by atoms with Crippen molar-refractivity contribution in [1.82, 2.24) is 10.6 Å². The molecule has 9 heteroatoms. The van der Waals surface area contributed by atoms with E-state index in [-0.39, 0.29) is 25.0 Å². The zero-order chi connectivity index (χ0) is 21.3. The molecule has 0 aliphatic carbocycles. The molecule has 3 amide bonds. The Morgan fingerprint density at radius 3 is 2.36 bits per heavy atom. The molecule has 0 bridgehead atoms. The van der Waals surface area contributed by atoms with Crippen LogP contribution in [-0.4, -0.2) is 42.4 Å². The topological polar surface area (TPSA) is 128 Å². The van der Waals surface area contributed by atoms with Gasteiger partial charge in [-0.1, -0.05) is 25.1 Å². The van der Waals surface area contributed by atoms with Crippen molar-refractivity contribution >= 4 is 23.7 Å². The summed E-state index contributed by atoms with van der Waals surface area (Å²) in [6, 6.07) is 3.57. The van der Waals surface area contributed by atoms with Gasteiger partial charge < -0.3 is 21.1 Å². The Bertz CT molecular complexity index is 725. The average molecular weight is 395 g/mol. The first-order valence-electron chi connectivity index (χ1n) is 8.91. The number of nitrogens with one attached hydrogen (secondary N) is 2. The third-order valence-electron chi connectivity index (χ3n) is 4.04. The molecule has 0 aliphatic heterocycles. The fourth-order valence-electron chi connectivity index (χ4n) is 2.69. The van der Waals surface area contributed by atoms with E-state index in [9.17, 15) is 23.6 Å². The number of ether oxygens (including phenoxy) is 1. The van der Waals surface area contributed by atoms with Gasteiger partial charge in [0.05, 0.1) is 13.0 Å². The Balaban J connectivity index is 2.93. The fraction of sp³-hybridized carbons (Fsp3) is 0.474. The summed E-state index contributed by atoms with van der Waals surface area (Å²) in [7, 11) is 0. The lowest BCUT2D eigenvalue weighted by Gasteiger charge is -2.25. The van der Waals surface area contributed by atoms with Crippen molar-refractivity contribution in [3.8, 4) is 0 Å². The number of rotatable bonds is 10. The van der Waals surface area contributed by atoms with Crippen molar-refractivity contribution in [3.63, 3.8) is 0 Å². The molecular formula is C19H26FN3O5. The smallest absolute Gasteiger partial charge is 0.306 e. The van der Waals surface area contributed by atoms with Crippen molar-refractivity contribution in [2.45, 2.75) is 45.7 Å². The molecule has 0 saturated carbocycles. The van der Waals surface area contributed by atoms with E-state index >= 15 is 0 Å². The summed E-state index contributed by atoms with van der Waals surface area (Å²) >= 11 is 0. The molecule has 1 rings (SSSR count). The van der Waals surface area contributed by atoms with Crippen molar-refractivity contribution in [1.29, 1.82) is 0 Å². The van der Waals surface area contributed by atoms with Crippen molar-refractivity contribution in [3.05, 3.63) is 35.6 Å². The number of carbonyl (C=O) groups is 4. The van der Waals surface area contributed by atoms with E-state index in [0.29, 0.717) is 0 Å². The molecule has 0 spiro atoms. The summed E-state index contributed by atoms with van der Waals surface area (Å²) in [5, 5.41) is 4.89. The van der Waals surface area contributed by atoms with Gasteiger partial charge in [0.1, 0.15) is 17.9 Å². The maximum atomic E-state index is 13.9. The van der Waals surface area contributed by atoms with Gasteiger partial charge in [0, 0.05) is 13.3 Å². The highest BCUT2D eigenvalue weighted by atomic mass is 19.1. The van der Waals surface area contributed by atoms with Gasteiger partial charge >= 0.3 is 5.97 Å². The van der Waals surface area contributed by atoms with E-state index in [1.54, 1.807) is 19.9 Å². The lowest BCUT2D eigenvalue weighted by atomic mass is 9.96. The fourth-order valence-corrected chi connectivity index (χ4v) is 2.69. The van der Waals surface area contributed by atoms with Crippen molar-refractivity contribution < 1.29 is 28.3 Å². The molecule has 154 valence electrons. The van der Waals surface area contributed by atoms with E-state index in [4.69, 9.17) is 10.5 Å². The summed E-state index contributed by atoms with van der Waals surface area (Å²) in [6.45, 7) is 4.62. The van der Waals surface area contributed by atoms with Gasteiger partial charge in [-0.25, -0.2) is 4.39 Å². The van der Waals surface area contributed by atoms with Crippen LogP contribution in [0.5, 0.6) is 0 Å². The molecular weight excluding hydrogens is 369 g/mol. The number of benzene rings is 1. The maximum Gasteiger partial charge on any atom is 0.306 e. The maximum absolute atomic E-state index is 13.9. The normalized spacial score (nSPS) is 13.7. The first kappa shape index (κ1) is 23.1. The Morgan fingerprint density at radius 1 is 1.18 bits per heavy atom. The number of carbonyl (C=O) groups excluding carboxylic acids is 4. The number of esters is 1. The Morgan fingerprint density at radius 2 is 1.82 bits per heavy atom. The van der Waals surface area contributed by atoms with Crippen LogP contribution in [0.25, 0.3) is 0 Å². The SMILES string of the molecule is CCOC(=O)C[C@@H](C)[C@H](NC(=O)[C@H](Cc1ccccc1F)NC(C)=O)C(N)=O. The second-order valence-corrected chi connectivity index (χ2v) is 6.42. The van der Waals surface area contributed by atoms with Crippen LogP contribution in [0, 0.1) is 11.7 Å². The molecule has 4 N–H and O–H groups in total. The third kappa shape index (κ3) is 7.34. The standard InChI is InChI=1S/C19H26FN3O5/c1-4-28-16(25)9-11(2)17(18(21)26)23-19(27)15(22-12(3)24)10-13-7-5-6-8-14(13)20/h5-8,11,15,17H,4,9-10H2,1-3H3,(H2,21,26)(H,22,24)(H,23,27)/t11-,15+,17+/m1/s1. The first-order chi connectivity index (χ1) is 13.1. The molecule has 1 aromatic carbocycles. The van der Waals surface area contributed by atoms with Crippen LogP contribution in [0.4, 0.5) is 4.39 Å². The number of halogens is 1. The molecule has 8 nitrogen and oxygen atoms in total. The minimum atomic E-state index is -1.16. The summed E-state index contributed by atoms with van der Waals surface area (Å²) in [4.78, 5) is 47.5. The van der Waals surface area contributed by atoms with Crippen LogP contribution in [0.3, 0.4) is 0 Å². The number of nitrogens with two attached hydrogens (primary N) is 1. The second kappa shape index (κ2) is 11.0. The quantitative estimate of drug-likeness (QED) is 0.495. The molecule has 0 radical (unpaired) electrons. The predicted molar refractivity (Wildman–Crippen MR) is 99.2 cm³/mol. The molecule has 3 atom stereocenters. The molecule has 0 heterocycles. The highest BCUT2D eigenvalue weighted by Crippen LogP contribution is 2.12. The van der Waals surface area contributed by atoms with Gasteiger partial charge in [0.15, 0.2) is 0 Å². The van der Waals surface area contributed by atoms with Gasteiger partial charge in [-0.05, 0) is 24.5 Å². The third-order valence-corrected chi connectivity index (χ3v) is 4.04. The summed E-state index contributed by atoms with van der Waals surface area (Å²) in [5.41, 5.74) is 5.59. The van der Waals surface area contributed by atoms with Crippen LogP contribution in [0.2, 0.25) is 0 Å². The number of hydrogen-bond donors (Lipinski definition) is 3. The van der Waals surface area contributed by atoms with Gasteiger partial charge in [0.2, 0.25) is 17.7 Å². The van der Waals surface area contributed by atoms with E-state index < -0.39 is 47.5 Å². The lowest BCUT2D eigenvalue weighted by Crippen LogP contribution is -2.55. The van der Waals surface area contributed by atoms with Crippen molar-refractivity contribution in [2.75, 3.05) is 6.61 Å². The van der Waals surface area contributed by atoms with Gasteiger partial charge in [0.25, 0.3) is 0 Å². The second-order valence-electron chi connectivity index (χ2n) is 6.42. The largest absolute Gasteiger partial charge is 0.466 e. The van der Waals surface area contributed by atoms with Crippen LogP contribution in [0.1, 0.15) is 32.8 Å². The van der Waals surface area contributed by atoms with E-state index in [1.807, 2.05) is 0 Å². The zero-order valence-electron chi connectivity index (χ0n) is 16.2. The van der Waals surface area contributed by atoms with E-state index in [1.165, 1.54) is 25.1 Å². The highest BCUT2D eigenvalue weighted by molar-refractivity contribution is 5.91. The Kier molecular flexibility index (Phi) is 9.07. The van der Waals surface area contributed by atoms with E-state index in [2.05, 4.69) is 10.6 Å². The zero-order valence-corrected chi connectivity index (χ0v) is 16.2. The minimum Gasteiger partial charge on any atom is -0.466 e. The van der Waals surface area contributed by atoms with Crippen molar-refractivity contribution in [2.24, 2.45) is 11.7 Å².